The molecule has 0 aromatic heterocycles. The van der Waals surface area contributed by atoms with Crippen LogP contribution in [0.4, 0.5) is 0 Å². The van der Waals surface area contributed by atoms with Crippen LogP contribution in [0, 0.1) is 0 Å². The molecule has 0 radical (unpaired) electrons. The Morgan fingerprint density at radius 2 is 2.25 bits per heavy atom. The Morgan fingerprint density at radius 3 is 2.62 bits per heavy atom. The van der Waals surface area contributed by atoms with Crippen LogP contribution in [0.15, 0.2) is 12.3 Å². The second-order valence-corrected chi connectivity index (χ2v) is 1.77. The highest BCUT2D eigenvalue weighted by molar-refractivity contribution is 7.67. The van der Waals surface area contributed by atoms with Crippen molar-refractivity contribution in [1.82, 2.24) is 0 Å². The zero-order chi connectivity index (χ0) is 6.41. The number of hydrogen-bond donors (Lipinski definition) is 1. The normalized spacial score (nSPS) is 10.8. The second-order valence-electron chi connectivity index (χ2n) is 1.11. The molecule has 0 spiro atoms. The van der Waals surface area contributed by atoms with Gasteiger partial charge < -0.3 is 4.18 Å². The van der Waals surface area contributed by atoms with Gasteiger partial charge >= 0.3 is 0 Å². The Hall–Kier alpha value is -0.510. The predicted molar refractivity (Wildman–Crippen MR) is 30.8 cm³/mol. The van der Waals surface area contributed by atoms with Crippen molar-refractivity contribution in [3.8, 4) is 0 Å². The van der Waals surface area contributed by atoms with Crippen molar-refractivity contribution in [2.45, 2.75) is 13.3 Å². The molecule has 4 heteroatoms. The zero-order valence-electron chi connectivity index (χ0n) is 4.53. The standard InChI is InChI=1S/C4H8O3S/c1-2-3-4-7-8(5)6/h3-4,8H,2H2,1H3. The zero-order valence-corrected chi connectivity index (χ0v) is 5.43. The van der Waals surface area contributed by atoms with E-state index in [0.717, 1.165) is 12.7 Å². The van der Waals surface area contributed by atoms with Crippen LogP contribution in [0.2, 0.25) is 0 Å². The summed E-state index contributed by atoms with van der Waals surface area (Å²) in [5, 5.41) is 0. The summed E-state index contributed by atoms with van der Waals surface area (Å²) in [5.74, 6) is 0. The lowest BCUT2D eigenvalue weighted by Gasteiger charge is -1.80. The summed E-state index contributed by atoms with van der Waals surface area (Å²) in [6.07, 6.45) is 3.56. The maximum absolute atomic E-state index is 9.64. The molecule has 0 fully saturated rings. The first-order valence-electron chi connectivity index (χ1n) is 2.23. The summed E-state index contributed by atoms with van der Waals surface area (Å²) >= 11 is 0. The Bertz CT molecular complexity index is 128. The molecule has 0 aromatic carbocycles. The third kappa shape index (κ3) is 5.49. The molecule has 0 N–H and O–H groups in total. The lowest BCUT2D eigenvalue weighted by atomic mass is 10.5. The fourth-order valence-corrected chi connectivity index (χ4v) is 0.374. The average molecular weight is 136 g/mol. The smallest absolute Gasteiger partial charge is 0.298 e. The molecule has 48 valence electrons. The van der Waals surface area contributed by atoms with Gasteiger partial charge in [0.25, 0.3) is 11.0 Å². The first-order valence-corrected chi connectivity index (χ1v) is 3.33. The molecule has 0 saturated heterocycles. The van der Waals surface area contributed by atoms with Crippen LogP contribution in [0.3, 0.4) is 0 Å². The highest BCUT2D eigenvalue weighted by atomic mass is 32.2. The van der Waals surface area contributed by atoms with E-state index < -0.39 is 11.0 Å². The van der Waals surface area contributed by atoms with E-state index in [1.54, 1.807) is 6.08 Å². The molecule has 0 bridgehead atoms. The number of hydrogen-bond acceptors (Lipinski definition) is 3. The van der Waals surface area contributed by atoms with E-state index in [2.05, 4.69) is 4.18 Å². The molecule has 0 aliphatic heterocycles. The largest absolute Gasteiger partial charge is 0.393 e. The van der Waals surface area contributed by atoms with Gasteiger partial charge in [-0.15, -0.1) is 0 Å². The van der Waals surface area contributed by atoms with Gasteiger partial charge in [-0.25, -0.2) is 0 Å². The summed E-state index contributed by atoms with van der Waals surface area (Å²) < 4.78 is 23.3. The van der Waals surface area contributed by atoms with Crippen molar-refractivity contribution >= 4 is 11.0 Å². The Balaban J connectivity index is 3.30. The van der Waals surface area contributed by atoms with Crippen molar-refractivity contribution in [3.05, 3.63) is 12.3 Å². The van der Waals surface area contributed by atoms with E-state index in [1.165, 1.54) is 0 Å². The van der Waals surface area contributed by atoms with Gasteiger partial charge in [0.05, 0.1) is 0 Å². The summed E-state index contributed by atoms with van der Waals surface area (Å²) in [5.41, 5.74) is 0. The molecule has 0 unspecified atom stereocenters. The lowest BCUT2D eigenvalue weighted by molar-refractivity contribution is 0.465. The molecule has 0 aliphatic carbocycles. The molecule has 0 amide bonds. The van der Waals surface area contributed by atoms with Crippen molar-refractivity contribution in [1.29, 1.82) is 0 Å². The van der Waals surface area contributed by atoms with Gasteiger partial charge in [-0.1, -0.05) is 6.92 Å². The first-order chi connectivity index (χ1) is 3.77. The van der Waals surface area contributed by atoms with E-state index in [1.807, 2.05) is 6.92 Å². The maximum Gasteiger partial charge on any atom is 0.298 e. The fourth-order valence-electron chi connectivity index (χ4n) is 0.189. The highest BCUT2D eigenvalue weighted by Gasteiger charge is 1.71. The Kier molecular flexibility index (Phi) is 4.35. The summed E-state index contributed by atoms with van der Waals surface area (Å²) in [4.78, 5) is 0. The average Bonchev–Trinajstić information content (AvgIpc) is 1.66. The van der Waals surface area contributed by atoms with E-state index in [9.17, 15) is 8.42 Å². The highest BCUT2D eigenvalue weighted by Crippen LogP contribution is 1.80. The van der Waals surface area contributed by atoms with Crippen LogP contribution in [0.1, 0.15) is 13.3 Å². The van der Waals surface area contributed by atoms with Gasteiger partial charge in [-0.3, -0.25) is 0 Å². The number of thiol groups is 1. The van der Waals surface area contributed by atoms with Gasteiger partial charge in [0.2, 0.25) is 0 Å². The van der Waals surface area contributed by atoms with Crippen molar-refractivity contribution in [2.24, 2.45) is 0 Å². The maximum atomic E-state index is 9.64. The van der Waals surface area contributed by atoms with Gasteiger partial charge in [0.1, 0.15) is 6.26 Å². The molecular weight excluding hydrogens is 128 g/mol. The summed E-state index contributed by atoms with van der Waals surface area (Å²) in [7, 11) is -2.70. The predicted octanol–water partition coefficient (Wildman–Crippen LogP) is 0.453. The lowest BCUT2D eigenvalue weighted by Crippen LogP contribution is -1.73. The van der Waals surface area contributed by atoms with Crippen LogP contribution in [-0.4, -0.2) is 8.42 Å². The topological polar surface area (TPSA) is 43.4 Å². The Labute approximate surface area is 50.1 Å². The molecule has 3 nitrogen and oxygen atoms in total. The summed E-state index contributed by atoms with van der Waals surface area (Å²) in [6, 6.07) is 0. The number of allylic oxidation sites excluding steroid dienone is 1. The minimum Gasteiger partial charge on any atom is -0.393 e. The molecule has 0 saturated carbocycles. The van der Waals surface area contributed by atoms with E-state index in [4.69, 9.17) is 0 Å². The third-order valence-electron chi connectivity index (χ3n) is 0.479. The SMILES string of the molecule is CCC=CO[SH](=O)=O. The fraction of sp³-hybridized carbons (Fsp3) is 0.500. The monoisotopic (exact) mass is 136 g/mol. The van der Waals surface area contributed by atoms with Gasteiger partial charge in [-0.05, 0) is 12.5 Å². The van der Waals surface area contributed by atoms with Crippen molar-refractivity contribution < 1.29 is 12.6 Å². The van der Waals surface area contributed by atoms with E-state index >= 15 is 0 Å². The minimum atomic E-state index is -2.70. The van der Waals surface area contributed by atoms with E-state index in [-0.39, 0.29) is 0 Å². The molecule has 0 aromatic rings. The van der Waals surface area contributed by atoms with Crippen LogP contribution in [0.5, 0.6) is 0 Å². The molecule has 0 atom stereocenters. The Morgan fingerprint density at radius 1 is 1.62 bits per heavy atom. The minimum absolute atomic E-state index is 0.781. The molecule has 8 heavy (non-hydrogen) atoms. The molecule has 0 rings (SSSR count). The molecular formula is C4H8O3S. The number of rotatable bonds is 3. The molecule has 0 aliphatic rings. The van der Waals surface area contributed by atoms with Crippen LogP contribution in [-0.2, 0) is 15.2 Å². The van der Waals surface area contributed by atoms with E-state index in [0.29, 0.717) is 0 Å². The van der Waals surface area contributed by atoms with Gasteiger partial charge in [0.15, 0.2) is 0 Å². The van der Waals surface area contributed by atoms with Crippen LogP contribution >= 0.6 is 0 Å². The first kappa shape index (κ1) is 7.49. The molecule has 0 heterocycles. The van der Waals surface area contributed by atoms with Crippen molar-refractivity contribution in [2.75, 3.05) is 0 Å². The third-order valence-corrected chi connectivity index (χ3v) is 0.773. The second kappa shape index (κ2) is 4.64. The summed E-state index contributed by atoms with van der Waals surface area (Å²) in [6.45, 7) is 1.89. The van der Waals surface area contributed by atoms with Crippen LogP contribution in [0.25, 0.3) is 0 Å². The van der Waals surface area contributed by atoms with Crippen molar-refractivity contribution in [3.63, 3.8) is 0 Å². The quantitative estimate of drug-likeness (QED) is 0.452. The van der Waals surface area contributed by atoms with Gasteiger partial charge in [0, 0.05) is 0 Å². The van der Waals surface area contributed by atoms with Crippen LogP contribution < -0.4 is 0 Å². The van der Waals surface area contributed by atoms with Gasteiger partial charge in [-0.2, -0.15) is 8.42 Å².